The van der Waals surface area contributed by atoms with Crippen molar-refractivity contribution < 1.29 is 14.3 Å². The van der Waals surface area contributed by atoms with Crippen molar-refractivity contribution >= 4 is 5.91 Å². The molecule has 1 aromatic carbocycles. The van der Waals surface area contributed by atoms with Crippen LogP contribution in [-0.2, 0) is 4.79 Å². The third-order valence-corrected chi connectivity index (χ3v) is 7.61. The molecule has 27 heavy (non-hydrogen) atoms. The molecular weight excluding hydrogens is 338 g/mol. The summed E-state index contributed by atoms with van der Waals surface area (Å²) in [6.45, 7) is 9.79. The monoisotopic (exact) mass is 369 g/mol. The molecule has 0 N–H and O–H groups in total. The zero-order valence-electron chi connectivity index (χ0n) is 17.0. The Morgan fingerprint density at radius 1 is 1.19 bits per heavy atom. The molecule has 3 aliphatic rings. The first-order valence-electron chi connectivity index (χ1n) is 10.1. The Bertz CT molecular complexity index is 784. The first-order chi connectivity index (χ1) is 12.8. The molecule has 1 saturated heterocycles. The van der Waals surface area contributed by atoms with Gasteiger partial charge in [0.15, 0.2) is 11.5 Å². The summed E-state index contributed by atoms with van der Waals surface area (Å²) >= 11 is 0. The minimum absolute atomic E-state index is 0.0759. The zero-order valence-corrected chi connectivity index (χ0v) is 17.0. The van der Waals surface area contributed by atoms with Crippen molar-refractivity contribution in [1.82, 2.24) is 4.90 Å². The van der Waals surface area contributed by atoms with Gasteiger partial charge in [-0.2, -0.15) is 0 Å². The van der Waals surface area contributed by atoms with Gasteiger partial charge < -0.3 is 14.4 Å². The normalized spacial score (nSPS) is 31.4. The fourth-order valence-corrected chi connectivity index (χ4v) is 5.81. The molecule has 1 aromatic rings. The molecule has 4 heteroatoms. The number of likely N-dealkylation sites (tertiary alicyclic amines) is 1. The van der Waals surface area contributed by atoms with Crippen molar-refractivity contribution in [3.05, 3.63) is 35.9 Å². The topological polar surface area (TPSA) is 38.8 Å². The van der Waals surface area contributed by atoms with Crippen LogP contribution in [0, 0.1) is 16.7 Å². The highest BCUT2D eigenvalue weighted by atomic mass is 16.5. The number of fused-ring (bicyclic) bond motifs is 2. The Morgan fingerprint density at radius 2 is 1.93 bits per heavy atom. The maximum absolute atomic E-state index is 13.8. The summed E-state index contributed by atoms with van der Waals surface area (Å²) in [4.78, 5) is 15.9. The van der Waals surface area contributed by atoms with Crippen LogP contribution in [0.15, 0.2) is 30.4 Å². The van der Waals surface area contributed by atoms with E-state index < -0.39 is 0 Å². The van der Waals surface area contributed by atoms with Crippen molar-refractivity contribution in [1.29, 1.82) is 0 Å². The number of carbonyl (C=O) groups is 1. The molecule has 0 unspecified atom stereocenters. The Hall–Kier alpha value is -1.97. The second kappa shape index (κ2) is 6.29. The third kappa shape index (κ3) is 2.52. The van der Waals surface area contributed by atoms with Crippen LogP contribution in [0.2, 0.25) is 0 Å². The van der Waals surface area contributed by atoms with Crippen molar-refractivity contribution in [3.8, 4) is 11.5 Å². The van der Waals surface area contributed by atoms with Gasteiger partial charge in [-0.3, -0.25) is 4.79 Å². The molecule has 1 heterocycles. The Balaban J connectivity index is 1.64. The first kappa shape index (κ1) is 18.4. The Labute approximate surface area is 162 Å². The van der Waals surface area contributed by atoms with E-state index in [-0.39, 0.29) is 16.9 Å². The molecule has 0 radical (unpaired) electrons. The number of methoxy groups -OCH3 is 2. The predicted octanol–water partition coefficient (Wildman–Crippen LogP) is 4.75. The van der Waals surface area contributed by atoms with Gasteiger partial charge in [0.05, 0.1) is 25.7 Å². The Kier molecular flexibility index (Phi) is 4.28. The second-order valence-electron chi connectivity index (χ2n) is 8.99. The molecule has 4 rings (SSSR count). The Morgan fingerprint density at radius 3 is 2.56 bits per heavy atom. The van der Waals surface area contributed by atoms with Crippen LogP contribution < -0.4 is 9.47 Å². The number of ether oxygens (including phenoxy) is 2. The van der Waals surface area contributed by atoms with E-state index >= 15 is 0 Å². The zero-order chi connectivity index (χ0) is 19.4. The summed E-state index contributed by atoms with van der Waals surface area (Å²) in [6.07, 6.45) is 5.13. The number of benzene rings is 1. The van der Waals surface area contributed by atoms with Gasteiger partial charge in [0.2, 0.25) is 5.91 Å². The van der Waals surface area contributed by atoms with Crippen LogP contribution in [-0.4, -0.2) is 31.6 Å². The van der Waals surface area contributed by atoms with Gasteiger partial charge in [-0.05, 0) is 61.1 Å². The summed E-state index contributed by atoms with van der Waals surface area (Å²) in [7, 11) is 3.30. The third-order valence-electron chi connectivity index (χ3n) is 7.61. The highest BCUT2D eigenvalue weighted by Gasteiger charge is 2.62. The predicted molar refractivity (Wildman–Crippen MR) is 106 cm³/mol. The molecule has 3 fully saturated rings. The quantitative estimate of drug-likeness (QED) is 0.719. The molecule has 146 valence electrons. The average molecular weight is 370 g/mol. The van der Waals surface area contributed by atoms with E-state index in [4.69, 9.17) is 9.47 Å². The fraction of sp³-hybridized carbons (Fsp3) is 0.609. The summed E-state index contributed by atoms with van der Waals surface area (Å²) in [5.74, 6) is 2.34. The van der Waals surface area contributed by atoms with Crippen molar-refractivity contribution in [3.63, 3.8) is 0 Å². The van der Waals surface area contributed by atoms with E-state index in [0.29, 0.717) is 11.8 Å². The molecule has 2 aliphatic carbocycles. The maximum Gasteiger partial charge on any atom is 0.233 e. The van der Waals surface area contributed by atoms with Crippen molar-refractivity contribution in [2.75, 3.05) is 20.8 Å². The van der Waals surface area contributed by atoms with Gasteiger partial charge in [-0.1, -0.05) is 32.1 Å². The van der Waals surface area contributed by atoms with Crippen molar-refractivity contribution in [2.45, 2.75) is 52.0 Å². The van der Waals surface area contributed by atoms with Crippen LogP contribution in [0.5, 0.6) is 11.5 Å². The number of rotatable bonds is 4. The minimum Gasteiger partial charge on any atom is -0.493 e. The maximum atomic E-state index is 13.8. The van der Waals surface area contributed by atoms with E-state index in [2.05, 4.69) is 31.4 Å². The molecule has 1 aliphatic heterocycles. The first-order valence-corrected chi connectivity index (χ1v) is 10.1. The number of carbonyl (C=O) groups excluding carboxylic acids is 1. The fourth-order valence-electron chi connectivity index (χ4n) is 5.81. The lowest BCUT2D eigenvalue weighted by molar-refractivity contribution is -0.140. The standard InChI is InChI=1S/C23H31NO3/c1-15-22(2,3)17-10-11-23(15,14-17)21(25)24-12-6-7-18(24)16-8-9-19(26-4)20(13-16)27-5/h8-9,13,17-18H,1,6-7,10-12,14H2,2-5H3/t17-,18+,23+/m0/s1. The van der Waals surface area contributed by atoms with Gasteiger partial charge in [-0.25, -0.2) is 0 Å². The van der Waals surface area contributed by atoms with Crippen LogP contribution in [0.1, 0.15) is 57.6 Å². The van der Waals surface area contributed by atoms with Crippen LogP contribution in [0.25, 0.3) is 0 Å². The molecule has 1 amide bonds. The van der Waals surface area contributed by atoms with E-state index in [1.165, 1.54) is 0 Å². The lowest BCUT2D eigenvalue weighted by Crippen LogP contribution is -2.44. The number of nitrogens with zero attached hydrogens (tertiary/aromatic N) is 1. The highest BCUT2D eigenvalue weighted by molar-refractivity contribution is 5.88. The van der Waals surface area contributed by atoms with E-state index in [1.54, 1.807) is 14.2 Å². The molecule has 3 atom stereocenters. The number of hydrogen-bond acceptors (Lipinski definition) is 3. The lowest BCUT2D eigenvalue weighted by atomic mass is 9.68. The van der Waals surface area contributed by atoms with Gasteiger partial charge >= 0.3 is 0 Å². The van der Waals surface area contributed by atoms with Crippen LogP contribution in [0.4, 0.5) is 0 Å². The van der Waals surface area contributed by atoms with Gasteiger partial charge in [0.1, 0.15) is 0 Å². The molecule has 2 saturated carbocycles. The minimum atomic E-state index is -0.340. The summed E-state index contributed by atoms with van der Waals surface area (Å²) < 4.78 is 10.8. The van der Waals surface area contributed by atoms with Crippen molar-refractivity contribution in [2.24, 2.45) is 16.7 Å². The number of amides is 1. The van der Waals surface area contributed by atoms with Crippen LogP contribution in [0.3, 0.4) is 0 Å². The highest BCUT2D eigenvalue weighted by Crippen LogP contribution is 2.66. The number of hydrogen-bond donors (Lipinski definition) is 0. The second-order valence-corrected chi connectivity index (χ2v) is 8.99. The lowest BCUT2D eigenvalue weighted by Gasteiger charge is -2.40. The van der Waals surface area contributed by atoms with E-state index in [9.17, 15) is 4.79 Å². The molecule has 0 spiro atoms. The van der Waals surface area contributed by atoms with Crippen LogP contribution >= 0.6 is 0 Å². The summed E-state index contributed by atoms with van der Waals surface area (Å²) in [5.41, 5.74) is 2.03. The largest absolute Gasteiger partial charge is 0.493 e. The van der Waals surface area contributed by atoms with Gasteiger partial charge in [0, 0.05) is 6.54 Å². The SMILES string of the molecule is C=C1C(C)(C)[C@H]2CC[C@@]1(C(=O)N1CCC[C@@H]1c1ccc(OC)c(OC)c1)C2. The summed E-state index contributed by atoms with van der Waals surface area (Å²) in [6, 6.07) is 6.15. The van der Waals surface area contributed by atoms with Gasteiger partial charge in [0.25, 0.3) is 0 Å². The van der Waals surface area contributed by atoms with E-state index in [0.717, 1.165) is 61.3 Å². The molecule has 4 nitrogen and oxygen atoms in total. The molecule has 2 bridgehead atoms. The molecular formula is C23H31NO3. The van der Waals surface area contributed by atoms with Gasteiger partial charge in [-0.15, -0.1) is 0 Å². The average Bonchev–Trinajstić information content (AvgIpc) is 3.37. The summed E-state index contributed by atoms with van der Waals surface area (Å²) in [5, 5.41) is 0. The van der Waals surface area contributed by atoms with E-state index in [1.807, 2.05) is 12.1 Å². The molecule has 0 aromatic heterocycles. The smallest absolute Gasteiger partial charge is 0.233 e.